The first kappa shape index (κ1) is 10.4. The first-order chi connectivity index (χ1) is 5.16. The minimum absolute atomic E-state index is 0.0799. The van der Waals surface area contributed by atoms with Gasteiger partial charge in [-0.3, -0.25) is 10.2 Å². The van der Waals surface area contributed by atoms with Crippen LogP contribution in [-0.2, 0) is 4.79 Å². The number of nitrogens with two attached hydrogens (primary N) is 1. The van der Waals surface area contributed by atoms with Gasteiger partial charge in [0, 0.05) is 6.42 Å². The van der Waals surface area contributed by atoms with Crippen molar-refractivity contribution >= 4 is 5.91 Å². The highest BCUT2D eigenvalue weighted by atomic mass is 16.2. The third-order valence-corrected chi connectivity index (χ3v) is 1.42. The molecule has 0 saturated carbocycles. The van der Waals surface area contributed by atoms with Gasteiger partial charge in [-0.15, -0.1) is 0 Å². The summed E-state index contributed by atoms with van der Waals surface area (Å²) in [5, 5.41) is 0. The molecule has 66 valence electrons. The summed E-state index contributed by atoms with van der Waals surface area (Å²) in [5.41, 5.74) is 2.10. The van der Waals surface area contributed by atoms with Crippen molar-refractivity contribution in [1.29, 1.82) is 0 Å². The highest BCUT2D eigenvalue weighted by Gasteiger charge is 1.97. The second-order valence-electron chi connectivity index (χ2n) is 2.83. The van der Waals surface area contributed by atoms with Crippen LogP contribution in [0.2, 0.25) is 0 Å². The Kier molecular flexibility index (Phi) is 5.78. The monoisotopic (exact) mass is 159 g/mol. The van der Waals surface area contributed by atoms with Crippen molar-refractivity contribution in [1.82, 2.24) is 10.3 Å². The molecule has 0 aliphatic carbocycles. The zero-order chi connectivity index (χ0) is 8.69. The summed E-state index contributed by atoms with van der Waals surface area (Å²) in [6.07, 6.45) is 2.48. The number of unbranched alkanes of at least 4 members (excludes halogenated alkanes) is 1. The number of hydrogen-bond donors (Lipinski definition) is 2. The van der Waals surface area contributed by atoms with Gasteiger partial charge in [0.2, 0.25) is 5.91 Å². The van der Waals surface area contributed by atoms with Gasteiger partial charge in [-0.1, -0.05) is 0 Å². The number of hydrazine groups is 1. The van der Waals surface area contributed by atoms with E-state index in [4.69, 9.17) is 5.84 Å². The van der Waals surface area contributed by atoms with E-state index < -0.39 is 0 Å². The smallest absolute Gasteiger partial charge is 0.233 e. The van der Waals surface area contributed by atoms with E-state index in [0.29, 0.717) is 6.42 Å². The van der Waals surface area contributed by atoms with Crippen molar-refractivity contribution in [3.05, 3.63) is 0 Å². The van der Waals surface area contributed by atoms with E-state index in [9.17, 15) is 4.79 Å². The van der Waals surface area contributed by atoms with Crippen LogP contribution in [-0.4, -0.2) is 31.4 Å². The molecule has 0 heterocycles. The topological polar surface area (TPSA) is 58.4 Å². The number of carbonyl (C=O) groups excluding carboxylic acids is 1. The zero-order valence-corrected chi connectivity index (χ0v) is 7.26. The minimum atomic E-state index is -0.0799. The molecule has 3 N–H and O–H groups in total. The van der Waals surface area contributed by atoms with Crippen molar-refractivity contribution < 1.29 is 4.79 Å². The number of hydrogen-bond acceptors (Lipinski definition) is 3. The fourth-order valence-corrected chi connectivity index (χ4v) is 0.786. The Morgan fingerprint density at radius 3 is 2.55 bits per heavy atom. The first-order valence-corrected chi connectivity index (χ1v) is 3.81. The van der Waals surface area contributed by atoms with Crippen LogP contribution >= 0.6 is 0 Å². The van der Waals surface area contributed by atoms with Crippen molar-refractivity contribution in [3.63, 3.8) is 0 Å². The zero-order valence-electron chi connectivity index (χ0n) is 7.26. The first-order valence-electron chi connectivity index (χ1n) is 3.81. The standard InChI is InChI=1S/C7H17N3O/c1-10(2)6-4-3-5-7(11)9-8/h3-6,8H2,1-2H3,(H,9,11). The van der Waals surface area contributed by atoms with Gasteiger partial charge in [-0.05, 0) is 33.5 Å². The molecule has 0 rings (SSSR count). The van der Waals surface area contributed by atoms with Gasteiger partial charge in [-0.2, -0.15) is 0 Å². The van der Waals surface area contributed by atoms with Crippen molar-refractivity contribution in [2.24, 2.45) is 5.84 Å². The van der Waals surface area contributed by atoms with E-state index >= 15 is 0 Å². The maximum Gasteiger partial charge on any atom is 0.233 e. The molecule has 1 amide bonds. The number of amides is 1. The summed E-state index contributed by atoms with van der Waals surface area (Å²) in [6.45, 7) is 1.03. The Balaban J connectivity index is 3.08. The lowest BCUT2D eigenvalue weighted by molar-refractivity contribution is -0.121. The van der Waals surface area contributed by atoms with Crippen LogP contribution in [0, 0.1) is 0 Å². The van der Waals surface area contributed by atoms with Crippen LogP contribution in [0.3, 0.4) is 0 Å². The molecular formula is C7H17N3O. The van der Waals surface area contributed by atoms with Gasteiger partial charge >= 0.3 is 0 Å². The maximum atomic E-state index is 10.6. The van der Waals surface area contributed by atoms with E-state index in [0.717, 1.165) is 19.4 Å². The lowest BCUT2D eigenvalue weighted by Crippen LogP contribution is -2.29. The van der Waals surface area contributed by atoms with Crippen molar-refractivity contribution in [2.45, 2.75) is 19.3 Å². The molecule has 0 saturated heterocycles. The molecule has 0 aromatic heterocycles. The van der Waals surface area contributed by atoms with Crippen LogP contribution in [0.1, 0.15) is 19.3 Å². The molecule has 0 spiro atoms. The molecule has 0 aliphatic heterocycles. The van der Waals surface area contributed by atoms with E-state index in [2.05, 4.69) is 10.3 Å². The van der Waals surface area contributed by atoms with E-state index in [-0.39, 0.29) is 5.91 Å². The fraction of sp³-hybridized carbons (Fsp3) is 0.857. The van der Waals surface area contributed by atoms with Crippen LogP contribution in [0.4, 0.5) is 0 Å². The van der Waals surface area contributed by atoms with E-state index in [1.54, 1.807) is 0 Å². The molecule has 0 unspecified atom stereocenters. The summed E-state index contributed by atoms with van der Waals surface area (Å²) in [7, 11) is 4.03. The Bertz CT molecular complexity index is 114. The normalized spacial score (nSPS) is 10.2. The summed E-state index contributed by atoms with van der Waals surface area (Å²) >= 11 is 0. The van der Waals surface area contributed by atoms with Crippen molar-refractivity contribution in [3.8, 4) is 0 Å². The second-order valence-corrected chi connectivity index (χ2v) is 2.83. The lowest BCUT2D eigenvalue weighted by atomic mass is 10.2. The highest BCUT2D eigenvalue weighted by molar-refractivity contribution is 5.74. The molecule has 4 nitrogen and oxygen atoms in total. The van der Waals surface area contributed by atoms with Crippen molar-refractivity contribution in [2.75, 3.05) is 20.6 Å². The lowest BCUT2D eigenvalue weighted by Gasteiger charge is -2.07. The molecule has 0 aromatic carbocycles. The minimum Gasteiger partial charge on any atom is -0.309 e. The summed E-state index contributed by atoms with van der Waals surface area (Å²) in [4.78, 5) is 12.7. The Morgan fingerprint density at radius 2 is 2.09 bits per heavy atom. The molecule has 0 radical (unpaired) electrons. The van der Waals surface area contributed by atoms with Gasteiger partial charge in [0.25, 0.3) is 0 Å². The summed E-state index contributed by atoms with van der Waals surface area (Å²) < 4.78 is 0. The van der Waals surface area contributed by atoms with Gasteiger partial charge in [-0.25, -0.2) is 5.84 Å². The maximum absolute atomic E-state index is 10.6. The molecule has 0 aromatic rings. The van der Waals surface area contributed by atoms with Crippen LogP contribution in [0.25, 0.3) is 0 Å². The third-order valence-electron chi connectivity index (χ3n) is 1.42. The SMILES string of the molecule is CN(C)CCCCC(=O)NN. The summed E-state index contributed by atoms with van der Waals surface area (Å²) in [6, 6.07) is 0. The Hall–Kier alpha value is -0.610. The molecular weight excluding hydrogens is 142 g/mol. The Morgan fingerprint density at radius 1 is 1.45 bits per heavy atom. The predicted molar refractivity (Wildman–Crippen MR) is 44.7 cm³/mol. The average molecular weight is 159 g/mol. The van der Waals surface area contributed by atoms with Crippen LogP contribution in [0.15, 0.2) is 0 Å². The predicted octanol–water partition coefficient (Wildman–Crippen LogP) is -0.292. The average Bonchev–Trinajstić information content (AvgIpc) is 1.97. The molecule has 0 fully saturated rings. The van der Waals surface area contributed by atoms with Crippen LogP contribution in [0.5, 0.6) is 0 Å². The molecule has 0 aliphatic rings. The van der Waals surface area contributed by atoms with E-state index in [1.165, 1.54) is 0 Å². The van der Waals surface area contributed by atoms with Gasteiger partial charge in [0.15, 0.2) is 0 Å². The van der Waals surface area contributed by atoms with Gasteiger partial charge in [0.05, 0.1) is 0 Å². The van der Waals surface area contributed by atoms with Gasteiger partial charge < -0.3 is 4.90 Å². The number of carbonyl (C=O) groups is 1. The fourth-order valence-electron chi connectivity index (χ4n) is 0.786. The van der Waals surface area contributed by atoms with E-state index in [1.807, 2.05) is 14.1 Å². The third kappa shape index (κ3) is 7.29. The molecule has 11 heavy (non-hydrogen) atoms. The number of nitrogens with zero attached hydrogens (tertiary/aromatic N) is 1. The Labute approximate surface area is 67.7 Å². The quantitative estimate of drug-likeness (QED) is 0.251. The largest absolute Gasteiger partial charge is 0.309 e. The second kappa shape index (κ2) is 6.12. The van der Waals surface area contributed by atoms with Crippen LogP contribution < -0.4 is 11.3 Å². The molecule has 0 bridgehead atoms. The number of nitrogens with one attached hydrogen (secondary N) is 1. The van der Waals surface area contributed by atoms with Gasteiger partial charge in [0.1, 0.15) is 0 Å². The number of rotatable bonds is 5. The molecule has 0 atom stereocenters. The highest BCUT2D eigenvalue weighted by Crippen LogP contribution is 1.95. The molecule has 4 heteroatoms. The summed E-state index contributed by atoms with van der Waals surface area (Å²) in [5.74, 6) is 4.82.